The molecule has 0 nitrogen and oxygen atoms in total. The molecule has 4 aromatic rings. The molecule has 4 aromatic carbocycles. The van der Waals surface area contributed by atoms with E-state index in [0.29, 0.717) is 0 Å². The van der Waals surface area contributed by atoms with E-state index in [1.54, 1.807) is 0 Å². The van der Waals surface area contributed by atoms with Crippen molar-refractivity contribution in [1.29, 1.82) is 0 Å². The summed E-state index contributed by atoms with van der Waals surface area (Å²) in [4.78, 5) is 0. The molecule has 4 rings (SSSR count). The average molecular weight is 741 g/mol. The van der Waals surface area contributed by atoms with Gasteiger partial charge < -0.3 is 24.8 Å². The molecule has 0 fully saturated rings. The van der Waals surface area contributed by atoms with Gasteiger partial charge in [-0.3, -0.25) is 0 Å². The first-order chi connectivity index (χ1) is 14.6. The number of hydrogen-bond donors (Lipinski definition) is 0. The van der Waals surface area contributed by atoms with Crippen LogP contribution in [0.1, 0.15) is 24.0 Å². The Labute approximate surface area is 241 Å². The van der Waals surface area contributed by atoms with Gasteiger partial charge in [0.25, 0.3) is 0 Å². The molecule has 0 saturated heterocycles. The van der Waals surface area contributed by atoms with E-state index in [1.165, 1.54) is 68.1 Å². The Morgan fingerprint density at radius 1 is 0.788 bits per heavy atom. The molecule has 178 valence electrons. The van der Waals surface area contributed by atoms with Gasteiger partial charge in [-0.25, -0.2) is 0 Å². The van der Waals surface area contributed by atoms with E-state index >= 15 is 0 Å². The summed E-state index contributed by atoms with van der Waals surface area (Å²) in [6.45, 7) is 6.63. The minimum absolute atomic E-state index is 0. The van der Waals surface area contributed by atoms with Crippen molar-refractivity contribution in [3.8, 4) is 0 Å². The van der Waals surface area contributed by atoms with Gasteiger partial charge in [0.15, 0.2) is 0 Å². The van der Waals surface area contributed by atoms with Crippen molar-refractivity contribution in [3.05, 3.63) is 83.9 Å². The Morgan fingerprint density at radius 3 is 1.58 bits per heavy atom. The van der Waals surface area contributed by atoms with Gasteiger partial charge in [-0.2, -0.15) is 12.1 Å². The van der Waals surface area contributed by atoms with Crippen LogP contribution in [0.5, 0.6) is 0 Å². The molecule has 0 atom stereocenters. The second kappa shape index (κ2) is 17.0. The van der Waals surface area contributed by atoms with E-state index in [0.717, 1.165) is 12.5 Å². The fourth-order valence-electron chi connectivity index (χ4n) is 3.33. The monoisotopic (exact) mass is 740 g/mol. The van der Waals surface area contributed by atoms with Crippen LogP contribution in [0.3, 0.4) is 0 Å². The number of halogens is 5. The van der Waals surface area contributed by atoms with Gasteiger partial charge in [0.2, 0.25) is 0 Å². The second-order valence-corrected chi connectivity index (χ2v) is 28.5. The van der Waals surface area contributed by atoms with Crippen LogP contribution in [0.4, 0.5) is 0 Å². The molecule has 0 aliphatic heterocycles. The molecule has 0 aliphatic carbocycles. The summed E-state index contributed by atoms with van der Waals surface area (Å²) in [7, 11) is 0. The van der Waals surface area contributed by atoms with Gasteiger partial charge in [0.1, 0.15) is 0 Å². The molecule has 0 N–H and O–H groups in total. The Balaban J connectivity index is 0.000000452. The van der Waals surface area contributed by atoms with Crippen LogP contribution in [0.15, 0.2) is 72.8 Å². The van der Waals surface area contributed by atoms with Gasteiger partial charge in [0, 0.05) is 0 Å². The number of aryl methyl sites for hydroxylation is 2. The fourth-order valence-corrected chi connectivity index (χ4v) is 7.87. The number of rotatable bonds is 5. The third kappa shape index (κ3) is 13.9. The molecule has 0 aliphatic rings. The predicted molar refractivity (Wildman–Crippen MR) is 142 cm³/mol. The SMILES string of the molecule is C[Si](=[Hf+2])CCCC[Si](Cl)(Cl)Cl.Cc1cc2ccccc2[cH-]1.Cc1cc2ccccc2[cH-]1.[Cl-].[Cl-]. The first-order valence-corrected chi connectivity index (χ1v) is 23.3. The number of unbranched alkanes of at least 4 members (excludes halogenated alkanes) is 1. The van der Waals surface area contributed by atoms with Crippen LogP contribution >= 0.6 is 33.2 Å². The summed E-state index contributed by atoms with van der Waals surface area (Å²) in [5, 5.41) is 5.39. The zero-order chi connectivity index (χ0) is 22.9. The Morgan fingerprint density at radius 2 is 1.21 bits per heavy atom. The van der Waals surface area contributed by atoms with E-state index in [-0.39, 0.29) is 30.3 Å². The standard InChI is InChI=1S/2C10H9.C5H11Cl3Si2.2ClH.Hf/c2*1-8-6-9-4-2-3-5-10(9)7-8;1-9-4-2-3-5-10(6,7)8;;;/h2*2-7H,1H3;2-5H2,1H3;2*1H;/q2*-1;;;;+2/p-2. The number of benzene rings is 2. The van der Waals surface area contributed by atoms with Crippen molar-refractivity contribution in [2.24, 2.45) is 0 Å². The Kier molecular flexibility index (Phi) is 17.2. The van der Waals surface area contributed by atoms with Gasteiger partial charge in [0.05, 0.1) is 0 Å². The average Bonchev–Trinajstić information content (AvgIpc) is 3.25. The molecule has 0 radical (unpaired) electrons. The quantitative estimate of drug-likeness (QED) is 0.128. The Bertz CT molecular complexity index is 961. The van der Waals surface area contributed by atoms with Gasteiger partial charge in [-0.05, 0) is 0 Å². The predicted octanol–water partition coefficient (Wildman–Crippen LogP) is 3.33. The fraction of sp³-hybridized carbons (Fsp3) is 0.280. The molecule has 0 heterocycles. The number of fused-ring (bicyclic) bond motifs is 2. The summed E-state index contributed by atoms with van der Waals surface area (Å²) in [5.74, 6) is 0. The summed E-state index contributed by atoms with van der Waals surface area (Å²) >= 11 is 18.6. The molecular formula is C25H29Cl5HfSi2-2. The van der Waals surface area contributed by atoms with E-state index in [1.807, 2.05) is 0 Å². The molecular weight excluding hydrogens is 712 g/mol. The second-order valence-electron chi connectivity index (χ2n) is 7.93. The largest absolute Gasteiger partial charge is 1.00 e. The van der Waals surface area contributed by atoms with E-state index in [4.69, 9.17) is 33.2 Å². The normalized spacial score (nSPS) is 10.3. The third-order valence-electron chi connectivity index (χ3n) is 4.79. The maximum Gasteiger partial charge on any atom is -0.0579 e. The molecule has 0 saturated carbocycles. The maximum absolute atomic E-state index is 5.74. The van der Waals surface area contributed by atoms with Gasteiger partial charge >= 0.3 is 99.2 Å². The van der Waals surface area contributed by atoms with Crippen molar-refractivity contribution in [2.45, 2.75) is 45.3 Å². The summed E-state index contributed by atoms with van der Waals surface area (Å²) in [6.07, 6.45) is 2.39. The molecule has 0 unspecified atom stereocenters. The molecule has 8 heteroatoms. The van der Waals surface area contributed by atoms with E-state index in [2.05, 4.69) is 93.2 Å². The topological polar surface area (TPSA) is 0 Å². The van der Waals surface area contributed by atoms with Crippen LogP contribution < -0.4 is 24.8 Å². The van der Waals surface area contributed by atoms with Crippen LogP contribution in [0.25, 0.3) is 21.5 Å². The van der Waals surface area contributed by atoms with E-state index in [9.17, 15) is 0 Å². The van der Waals surface area contributed by atoms with Crippen molar-refractivity contribution in [3.63, 3.8) is 0 Å². The van der Waals surface area contributed by atoms with Crippen LogP contribution in [0.2, 0.25) is 18.6 Å². The van der Waals surface area contributed by atoms with Crippen molar-refractivity contribution in [2.75, 3.05) is 0 Å². The number of hydrogen-bond acceptors (Lipinski definition) is 0. The smallest absolute Gasteiger partial charge is 0.0579 e. The zero-order valence-corrected chi connectivity index (χ0v) is 28.5. The molecule has 0 bridgehead atoms. The minimum Gasteiger partial charge on any atom is -1.00 e. The van der Waals surface area contributed by atoms with E-state index < -0.39 is 6.00 Å². The zero-order valence-electron chi connectivity index (χ0n) is 19.1. The minimum atomic E-state index is -2.29. The van der Waals surface area contributed by atoms with Crippen molar-refractivity contribution < 1.29 is 47.8 Å². The molecule has 0 amide bonds. The summed E-state index contributed by atoms with van der Waals surface area (Å²) in [6, 6.07) is 25.6. The molecule has 0 aromatic heterocycles. The maximum atomic E-state index is 5.74. The van der Waals surface area contributed by atoms with Gasteiger partial charge in [-0.1, -0.05) is 26.0 Å². The van der Waals surface area contributed by atoms with Gasteiger partial charge in [-0.15, -0.1) is 81.2 Å². The first-order valence-electron chi connectivity index (χ1n) is 10.5. The molecule has 33 heavy (non-hydrogen) atoms. The third-order valence-corrected chi connectivity index (χ3v) is 11.2. The first kappa shape index (κ1) is 33.4. The van der Waals surface area contributed by atoms with Crippen molar-refractivity contribution >= 4 is 66.3 Å². The van der Waals surface area contributed by atoms with Crippen LogP contribution in [-0.2, 0) is 23.0 Å². The Hall–Kier alpha value is 0.414. The molecule has 0 spiro atoms. The summed E-state index contributed by atoms with van der Waals surface area (Å²) in [5.41, 5.74) is 2.77. The van der Waals surface area contributed by atoms with Crippen molar-refractivity contribution in [1.82, 2.24) is 0 Å². The summed E-state index contributed by atoms with van der Waals surface area (Å²) < 4.78 is 0. The van der Waals surface area contributed by atoms with Crippen LogP contribution in [0, 0.1) is 13.8 Å². The van der Waals surface area contributed by atoms with Crippen LogP contribution in [-0.4, -0.2) is 11.5 Å².